The summed E-state index contributed by atoms with van der Waals surface area (Å²) < 4.78 is 23.3. The molecule has 104 valence electrons. The summed E-state index contributed by atoms with van der Waals surface area (Å²) in [4.78, 5) is 0. The Morgan fingerprint density at radius 2 is 1.89 bits per heavy atom. The van der Waals surface area contributed by atoms with Gasteiger partial charge in [-0.3, -0.25) is 0 Å². The van der Waals surface area contributed by atoms with Crippen molar-refractivity contribution < 1.29 is 8.42 Å². The van der Waals surface area contributed by atoms with E-state index in [9.17, 15) is 8.42 Å². The molecule has 0 radical (unpaired) electrons. The summed E-state index contributed by atoms with van der Waals surface area (Å²) in [6, 6.07) is 0.558. The quantitative estimate of drug-likeness (QED) is 0.855. The number of rotatable bonds is 3. The molecule has 0 spiro atoms. The SMILES string of the molecule is CC1(NC2CCCC(C3CC3)C2)CCS(=O)(=O)C1. The minimum Gasteiger partial charge on any atom is -0.308 e. The highest BCUT2D eigenvalue weighted by molar-refractivity contribution is 7.91. The molecule has 3 atom stereocenters. The lowest BCUT2D eigenvalue weighted by Crippen LogP contribution is -2.50. The molecule has 2 aliphatic carbocycles. The molecule has 1 saturated heterocycles. The first kappa shape index (κ1) is 12.9. The molecule has 0 aromatic heterocycles. The van der Waals surface area contributed by atoms with E-state index in [2.05, 4.69) is 12.2 Å². The summed E-state index contributed by atoms with van der Waals surface area (Å²) in [6.07, 6.45) is 8.89. The van der Waals surface area contributed by atoms with E-state index in [0.29, 0.717) is 17.5 Å². The maximum atomic E-state index is 11.6. The van der Waals surface area contributed by atoms with Crippen LogP contribution in [0.15, 0.2) is 0 Å². The van der Waals surface area contributed by atoms with E-state index >= 15 is 0 Å². The van der Waals surface area contributed by atoms with Crippen molar-refractivity contribution in [3.8, 4) is 0 Å². The average Bonchev–Trinajstić information content (AvgIpc) is 3.06. The van der Waals surface area contributed by atoms with Crippen LogP contribution in [0.3, 0.4) is 0 Å². The number of hydrogen-bond donors (Lipinski definition) is 1. The molecule has 0 aromatic carbocycles. The summed E-state index contributed by atoms with van der Waals surface area (Å²) in [6.45, 7) is 2.10. The van der Waals surface area contributed by atoms with E-state index < -0.39 is 9.84 Å². The van der Waals surface area contributed by atoms with Crippen LogP contribution in [0.4, 0.5) is 0 Å². The Balaban J connectivity index is 1.58. The highest BCUT2D eigenvalue weighted by Crippen LogP contribution is 2.44. The van der Waals surface area contributed by atoms with Crippen molar-refractivity contribution >= 4 is 9.84 Å². The Bertz CT molecular complexity index is 416. The Morgan fingerprint density at radius 1 is 1.11 bits per heavy atom. The molecule has 0 amide bonds. The molecule has 3 nitrogen and oxygen atoms in total. The van der Waals surface area contributed by atoms with Gasteiger partial charge < -0.3 is 5.32 Å². The van der Waals surface area contributed by atoms with E-state index in [0.717, 1.165) is 18.3 Å². The Labute approximate surface area is 111 Å². The normalized spacial score (nSPS) is 44.1. The Hall–Kier alpha value is -0.0900. The van der Waals surface area contributed by atoms with Gasteiger partial charge in [0.05, 0.1) is 11.5 Å². The van der Waals surface area contributed by atoms with E-state index in [1.807, 2.05) is 0 Å². The van der Waals surface area contributed by atoms with Gasteiger partial charge in [0.2, 0.25) is 0 Å². The molecule has 3 fully saturated rings. The molecule has 4 heteroatoms. The van der Waals surface area contributed by atoms with Gasteiger partial charge in [-0.1, -0.05) is 12.8 Å². The maximum Gasteiger partial charge on any atom is 0.152 e. The second-order valence-electron chi connectivity index (χ2n) is 7.01. The van der Waals surface area contributed by atoms with E-state index in [-0.39, 0.29) is 5.54 Å². The molecule has 0 aromatic rings. The Morgan fingerprint density at radius 3 is 2.50 bits per heavy atom. The molecule has 3 unspecified atom stereocenters. The molecule has 1 heterocycles. The highest BCUT2D eigenvalue weighted by Gasteiger charge is 2.41. The summed E-state index contributed by atoms with van der Waals surface area (Å²) in [7, 11) is -2.78. The van der Waals surface area contributed by atoms with Crippen LogP contribution in [-0.2, 0) is 9.84 Å². The molecule has 3 aliphatic rings. The van der Waals surface area contributed by atoms with E-state index in [4.69, 9.17) is 0 Å². The number of nitrogens with one attached hydrogen (secondary N) is 1. The van der Waals surface area contributed by atoms with Crippen LogP contribution in [0.2, 0.25) is 0 Å². The Kier molecular flexibility index (Phi) is 3.22. The van der Waals surface area contributed by atoms with E-state index in [1.54, 1.807) is 0 Å². The van der Waals surface area contributed by atoms with Gasteiger partial charge in [0.25, 0.3) is 0 Å². The van der Waals surface area contributed by atoms with Crippen molar-refractivity contribution in [1.82, 2.24) is 5.32 Å². The predicted molar refractivity (Wildman–Crippen MR) is 73.3 cm³/mol. The van der Waals surface area contributed by atoms with Crippen LogP contribution < -0.4 is 5.32 Å². The van der Waals surface area contributed by atoms with Gasteiger partial charge in [0.1, 0.15) is 0 Å². The molecular weight excluding hydrogens is 246 g/mol. The monoisotopic (exact) mass is 271 g/mol. The van der Waals surface area contributed by atoms with Gasteiger partial charge in [0.15, 0.2) is 9.84 Å². The summed E-state index contributed by atoms with van der Waals surface area (Å²) in [5.74, 6) is 2.62. The first-order valence-corrected chi connectivity index (χ1v) is 9.26. The van der Waals surface area contributed by atoms with Crippen LogP contribution in [0, 0.1) is 11.8 Å². The topological polar surface area (TPSA) is 46.2 Å². The van der Waals surface area contributed by atoms with Gasteiger partial charge in [-0.15, -0.1) is 0 Å². The molecule has 1 aliphatic heterocycles. The standard InChI is InChI=1S/C14H25NO2S/c1-14(7-8-18(16,17)10-14)15-13-4-2-3-12(9-13)11-5-6-11/h11-13,15H,2-10H2,1H3. The summed E-state index contributed by atoms with van der Waals surface area (Å²) in [5.41, 5.74) is -0.158. The van der Waals surface area contributed by atoms with Crippen molar-refractivity contribution in [2.45, 2.75) is 63.5 Å². The van der Waals surface area contributed by atoms with Crippen molar-refractivity contribution in [3.63, 3.8) is 0 Å². The van der Waals surface area contributed by atoms with Gasteiger partial charge in [0, 0.05) is 11.6 Å². The predicted octanol–water partition coefficient (Wildman–Crippen LogP) is 2.12. The van der Waals surface area contributed by atoms with Crippen molar-refractivity contribution in [3.05, 3.63) is 0 Å². The largest absolute Gasteiger partial charge is 0.308 e. The third kappa shape index (κ3) is 2.90. The van der Waals surface area contributed by atoms with Crippen molar-refractivity contribution in [2.75, 3.05) is 11.5 Å². The highest BCUT2D eigenvalue weighted by atomic mass is 32.2. The first-order chi connectivity index (χ1) is 8.46. The van der Waals surface area contributed by atoms with Gasteiger partial charge >= 0.3 is 0 Å². The number of sulfone groups is 1. The van der Waals surface area contributed by atoms with Crippen LogP contribution >= 0.6 is 0 Å². The second kappa shape index (κ2) is 4.48. The fourth-order valence-corrected chi connectivity index (χ4v) is 6.08. The third-order valence-corrected chi connectivity index (χ3v) is 6.96. The fraction of sp³-hybridized carbons (Fsp3) is 1.00. The molecule has 1 N–H and O–H groups in total. The smallest absolute Gasteiger partial charge is 0.152 e. The summed E-state index contributed by atoms with van der Waals surface area (Å²) in [5, 5.41) is 3.68. The molecule has 3 rings (SSSR count). The number of hydrogen-bond acceptors (Lipinski definition) is 3. The lowest BCUT2D eigenvalue weighted by Gasteiger charge is -2.36. The minimum atomic E-state index is -2.78. The van der Waals surface area contributed by atoms with Crippen molar-refractivity contribution in [1.29, 1.82) is 0 Å². The molecular formula is C14H25NO2S. The third-order valence-electron chi connectivity index (χ3n) is 5.06. The average molecular weight is 271 g/mol. The van der Waals surface area contributed by atoms with Gasteiger partial charge in [-0.25, -0.2) is 8.42 Å². The minimum absolute atomic E-state index is 0.158. The summed E-state index contributed by atoms with van der Waals surface area (Å²) >= 11 is 0. The van der Waals surface area contributed by atoms with Gasteiger partial charge in [-0.2, -0.15) is 0 Å². The zero-order valence-corrected chi connectivity index (χ0v) is 12.1. The molecule has 18 heavy (non-hydrogen) atoms. The maximum absolute atomic E-state index is 11.6. The lowest BCUT2D eigenvalue weighted by atomic mass is 9.81. The van der Waals surface area contributed by atoms with Crippen LogP contribution in [0.25, 0.3) is 0 Å². The van der Waals surface area contributed by atoms with Crippen LogP contribution in [0.1, 0.15) is 51.9 Å². The zero-order chi connectivity index (χ0) is 12.8. The second-order valence-corrected chi connectivity index (χ2v) is 9.19. The molecule has 0 bridgehead atoms. The van der Waals surface area contributed by atoms with Crippen LogP contribution in [0.5, 0.6) is 0 Å². The first-order valence-electron chi connectivity index (χ1n) is 7.44. The zero-order valence-electron chi connectivity index (χ0n) is 11.3. The van der Waals surface area contributed by atoms with Crippen LogP contribution in [-0.4, -0.2) is 31.5 Å². The van der Waals surface area contributed by atoms with E-state index in [1.165, 1.54) is 38.5 Å². The fourth-order valence-electron chi connectivity index (χ4n) is 3.97. The molecule has 2 saturated carbocycles. The van der Waals surface area contributed by atoms with Crippen molar-refractivity contribution in [2.24, 2.45) is 11.8 Å². The van der Waals surface area contributed by atoms with Gasteiger partial charge in [-0.05, 0) is 50.9 Å². The lowest BCUT2D eigenvalue weighted by molar-refractivity contribution is 0.221.